The van der Waals surface area contributed by atoms with Gasteiger partial charge in [-0.25, -0.2) is 6.57 Å². The molecule has 0 radical (unpaired) electrons. The molecule has 2 atom stereocenters. The van der Waals surface area contributed by atoms with Gasteiger partial charge < -0.3 is 9.95 Å². The molecule has 78 valence electrons. The molecular weight excluding hydrogens is 186 g/mol. The van der Waals surface area contributed by atoms with Crippen LogP contribution < -0.4 is 0 Å². The molecule has 1 fully saturated rings. The van der Waals surface area contributed by atoms with E-state index in [9.17, 15) is 0 Å². The lowest BCUT2D eigenvalue weighted by Crippen LogP contribution is -2.12. The third kappa shape index (κ3) is 2.03. The van der Waals surface area contributed by atoms with Crippen LogP contribution in [0.25, 0.3) is 4.85 Å². The maximum atomic E-state index is 9.11. The fraction of sp³-hybridized carbons (Fsp3) is 0.462. The highest BCUT2D eigenvalue weighted by Crippen LogP contribution is 2.49. The quantitative estimate of drug-likeness (QED) is 0.743. The number of aliphatic hydroxyl groups excluding tert-OH is 1. The van der Waals surface area contributed by atoms with E-state index >= 15 is 0 Å². The molecule has 15 heavy (non-hydrogen) atoms. The number of aryl methyl sites for hydroxylation is 1. The zero-order chi connectivity index (χ0) is 10.7. The molecule has 2 unspecified atom stereocenters. The van der Waals surface area contributed by atoms with Crippen LogP contribution in [-0.2, 0) is 6.42 Å². The standard InChI is InChI=1S/C13H15NO/c1-14-13(10-15)9-12(13)8-7-11-5-3-2-4-6-11/h2-6,12,15H,7-10H2. The summed E-state index contributed by atoms with van der Waals surface area (Å²) in [5, 5.41) is 9.11. The molecule has 0 amide bonds. The summed E-state index contributed by atoms with van der Waals surface area (Å²) in [6, 6.07) is 10.3. The van der Waals surface area contributed by atoms with E-state index in [1.807, 2.05) is 18.2 Å². The number of benzene rings is 1. The van der Waals surface area contributed by atoms with E-state index in [-0.39, 0.29) is 6.61 Å². The SMILES string of the molecule is [C-]#[N+]C1(CO)CC1CCc1ccccc1. The number of aliphatic hydroxyl groups is 1. The molecule has 1 aliphatic rings. The Morgan fingerprint density at radius 1 is 1.40 bits per heavy atom. The van der Waals surface area contributed by atoms with E-state index in [0.717, 1.165) is 19.3 Å². The minimum Gasteiger partial charge on any atom is -0.388 e. The van der Waals surface area contributed by atoms with Gasteiger partial charge in [0.2, 0.25) is 0 Å². The fourth-order valence-electron chi connectivity index (χ4n) is 2.09. The summed E-state index contributed by atoms with van der Waals surface area (Å²) >= 11 is 0. The zero-order valence-electron chi connectivity index (χ0n) is 8.69. The van der Waals surface area contributed by atoms with Crippen molar-refractivity contribution < 1.29 is 5.11 Å². The maximum Gasteiger partial charge on any atom is 0.258 e. The van der Waals surface area contributed by atoms with Crippen LogP contribution in [0, 0.1) is 12.5 Å². The van der Waals surface area contributed by atoms with Gasteiger partial charge in [0.15, 0.2) is 0 Å². The smallest absolute Gasteiger partial charge is 0.258 e. The van der Waals surface area contributed by atoms with Crippen molar-refractivity contribution in [3.05, 3.63) is 47.3 Å². The van der Waals surface area contributed by atoms with Crippen LogP contribution >= 0.6 is 0 Å². The predicted molar refractivity (Wildman–Crippen MR) is 59.3 cm³/mol. The highest BCUT2D eigenvalue weighted by molar-refractivity contribution is 5.20. The van der Waals surface area contributed by atoms with Crippen LogP contribution in [0.3, 0.4) is 0 Å². The predicted octanol–water partition coefficient (Wildman–Crippen LogP) is 2.29. The third-order valence-corrected chi connectivity index (χ3v) is 3.32. The van der Waals surface area contributed by atoms with Crippen molar-refractivity contribution in [1.82, 2.24) is 0 Å². The van der Waals surface area contributed by atoms with Gasteiger partial charge in [0.25, 0.3) is 5.54 Å². The second kappa shape index (κ2) is 4.04. The van der Waals surface area contributed by atoms with Crippen LogP contribution in [-0.4, -0.2) is 17.3 Å². The molecule has 0 spiro atoms. The van der Waals surface area contributed by atoms with Crippen molar-refractivity contribution in [2.45, 2.75) is 24.8 Å². The van der Waals surface area contributed by atoms with Crippen LogP contribution in [0.15, 0.2) is 30.3 Å². The summed E-state index contributed by atoms with van der Waals surface area (Å²) in [5.74, 6) is 0.403. The van der Waals surface area contributed by atoms with Gasteiger partial charge in [-0.3, -0.25) is 0 Å². The second-order valence-corrected chi connectivity index (χ2v) is 4.30. The second-order valence-electron chi connectivity index (χ2n) is 4.30. The van der Waals surface area contributed by atoms with Gasteiger partial charge in [-0.1, -0.05) is 30.3 Å². The Hall–Kier alpha value is -1.33. The molecule has 0 saturated heterocycles. The molecule has 2 nitrogen and oxygen atoms in total. The molecule has 1 aliphatic carbocycles. The zero-order valence-corrected chi connectivity index (χ0v) is 8.69. The topological polar surface area (TPSA) is 24.6 Å². The summed E-state index contributed by atoms with van der Waals surface area (Å²) in [7, 11) is 0. The minimum atomic E-state index is -0.422. The number of nitrogens with zero attached hydrogens (tertiary/aromatic N) is 1. The minimum absolute atomic E-state index is 0.0238. The Labute approximate surface area is 90.4 Å². The first kappa shape index (κ1) is 10.2. The molecule has 0 bridgehead atoms. The highest BCUT2D eigenvalue weighted by atomic mass is 16.3. The lowest BCUT2D eigenvalue weighted by atomic mass is 10.1. The first-order chi connectivity index (χ1) is 7.30. The normalized spacial score (nSPS) is 28.4. The van der Waals surface area contributed by atoms with Crippen LogP contribution in [0.5, 0.6) is 0 Å². The molecular formula is C13H15NO. The summed E-state index contributed by atoms with van der Waals surface area (Å²) in [4.78, 5) is 3.54. The highest BCUT2D eigenvalue weighted by Gasteiger charge is 2.61. The van der Waals surface area contributed by atoms with Gasteiger partial charge in [-0.2, -0.15) is 0 Å². The van der Waals surface area contributed by atoms with Gasteiger partial charge in [-0.05, 0) is 18.4 Å². The fourth-order valence-corrected chi connectivity index (χ4v) is 2.09. The van der Waals surface area contributed by atoms with Gasteiger partial charge in [0.1, 0.15) is 6.61 Å². The molecule has 0 aliphatic heterocycles. The van der Waals surface area contributed by atoms with Gasteiger partial charge in [-0.15, -0.1) is 0 Å². The number of hydrogen-bond acceptors (Lipinski definition) is 1. The van der Waals surface area contributed by atoms with E-state index in [1.54, 1.807) is 0 Å². The van der Waals surface area contributed by atoms with E-state index in [1.165, 1.54) is 5.56 Å². The Bertz CT molecular complexity index is 368. The van der Waals surface area contributed by atoms with Crippen molar-refractivity contribution in [1.29, 1.82) is 0 Å². The number of hydrogen-bond donors (Lipinski definition) is 1. The molecule has 0 heterocycles. The first-order valence-corrected chi connectivity index (χ1v) is 5.34. The average Bonchev–Trinajstić information content (AvgIpc) is 3.02. The van der Waals surface area contributed by atoms with E-state index in [2.05, 4.69) is 17.0 Å². The summed E-state index contributed by atoms with van der Waals surface area (Å²) in [5.41, 5.74) is 0.899. The molecule has 1 saturated carbocycles. The van der Waals surface area contributed by atoms with Crippen molar-refractivity contribution >= 4 is 0 Å². The lowest BCUT2D eigenvalue weighted by molar-refractivity contribution is 0.264. The molecule has 1 aromatic carbocycles. The maximum absolute atomic E-state index is 9.11. The van der Waals surface area contributed by atoms with E-state index in [0.29, 0.717) is 5.92 Å². The molecule has 2 heteroatoms. The van der Waals surface area contributed by atoms with Crippen LogP contribution in [0.4, 0.5) is 0 Å². The summed E-state index contributed by atoms with van der Waals surface area (Å²) in [6.07, 6.45) is 2.91. The monoisotopic (exact) mass is 201 g/mol. The Morgan fingerprint density at radius 3 is 2.67 bits per heavy atom. The van der Waals surface area contributed by atoms with Crippen LogP contribution in [0.1, 0.15) is 18.4 Å². The van der Waals surface area contributed by atoms with Crippen molar-refractivity contribution in [2.75, 3.05) is 6.61 Å². The summed E-state index contributed by atoms with van der Waals surface area (Å²) in [6.45, 7) is 7.07. The lowest BCUT2D eigenvalue weighted by Gasteiger charge is -2.01. The van der Waals surface area contributed by atoms with Gasteiger partial charge in [0, 0.05) is 12.3 Å². The van der Waals surface area contributed by atoms with Gasteiger partial charge >= 0.3 is 0 Å². The van der Waals surface area contributed by atoms with Crippen molar-refractivity contribution in [3.63, 3.8) is 0 Å². The average molecular weight is 201 g/mol. The Morgan fingerprint density at radius 2 is 2.13 bits per heavy atom. The molecule has 2 rings (SSSR count). The number of rotatable bonds is 4. The largest absolute Gasteiger partial charge is 0.388 e. The third-order valence-electron chi connectivity index (χ3n) is 3.32. The first-order valence-electron chi connectivity index (χ1n) is 5.34. The van der Waals surface area contributed by atoms with Crippen LogP contribution in [0.2, 0.25) is 0 Å². The van der Waals surface area contributed by atoms with Gasteiger partial charge in [0.05, 0.1) is 0 Å². The Kier molecular flexibility index (Phi) is 2.75. The Balaban J connectivity index is 1.85. The van der Waals surface area contributed by atoms with E-state index < -0.39 is 5.54 Å². The van der Waals surface area contributed by atoms with E-state index in [4.69, 9.17) is 11.7 Å². The molecule has 0 aromatic heterocycles. The molecule has 1 N–H and O–H groups in total. The van der Waals surface area contributed by atoms with Crippen molar-refractivity contribution in [3.8, 4) is 0 Å². The molecule has 1 aromatic rings. The summed E-state index contributed by atoms with van der Waals surface area (Å²) < 4.78 is 0. The van der Waals surface area contributed by atoms with Crippen molar-refractivity contribution in [2.24, 2.45) is 5.92 Å².